The van der Waals surface area contributed by atoms with Crippen LogP contribution in [0.15, 0.2) is 52.1 Å². The zero-order chi connectivity index (χ0) is 19.3. The highest BCUT2D eigenvalue weighted by Gasteiger charge is 2.09. The molecule has 0 saturated carbocycles. The molecule has 0 saturated heterocycles. The average molecular weight is 509 g/mol. The third-order valence-corrected chi connectivity index (χ3v) is 3.52. The Bertz CT molecular complexity index is 685. The molecule has 156 valence electrons. The Labute approximate surface area is 180 Å². The number of hydrogen-bond donors (Lipinski definition) is 2. The van der Waals surface area contributed by atoms with Gasteiger partial charge in [0, 0.05) is 25.3 Å². The number of nitrogens with zero attached hydrogens (tertiary/aromatic N) is 1. The van der Waals surface area contributed by atoms with E-state index in [9.17, 15) is 8.78 Å². The molecule has 1 heterocycles. The van der Waals surface area contributed by atoms with Crippen molar-refractivity contribution in [1.82, 2.24) is 10.6 Å². The number of aliphatic imine (C=N–C) groups is 1. The fraction of sp³-hybridized carbons (Fsp3) is 0.421. The van der Waals surface area contributed by atoms with Gasteiger partial charge in [0.2, 0.25) is 0 Å². The highest BCUT2D eigenvalue weighted by Crippen LogP contribution is 2.20. The zero-order valence-electron chi connectivity index (χ0n) is 15.7. The Balaban J connectivity index is 0.00000392. The van der Waals surface area contributed by atoms with Crippen LogP contribution >= 0.6 is 24.0 Å². The SMILES string of the molecule is CCNC(=NCc1ccccc1OC(F)F)NCCCOCc1ccco1.I. The van der Waals surface area contributed by atoms with Crippen molar-refractivity contribution < 1.29 is 22.7 Å². The molecular formula is C19H26F2IN3O3. The summed E-state index contributed by atoms with van der Waals surface area (Å²) >= 11 is 0. The van der Waals surface area contributed by atoms with Gasteiger partial charge in [-0.2, -0.15) is 8.78 Å². The third kappa shape index (κ3) is 9.36. The molecule has 0 bridgehead atoms. The Morgan fingerprint density at radius 3 is 2.71 bits per heavy atom. The van der Waals surface area contributed by atoms with Crippen LogP contribution in [0.4, 0.5) is 8.78 Å². The predicted molar refractivity (Wildman–Crippen MR) is 114 cm³/mol. The molecule has 1 aromatic carbocycles. The van der Waals surface area contributed by atoms with Crippen molar-refractivity contribution in [2.45, 2.75) is 33.1 Å². The quantitative estimate of drug-likeness (QED) is 0.206. The van der Waals surface area contributed by atoms with Gasteiger partial charge in [-0.15, -0.1) is 24.0 Å². The van der Waals surface area contributed by atoms with Crippen LogP contribution in [0.25, 0.3) is 0 Å². The fourth-order valence-corrected chi connectivity index (χ4v) is 2.30. The maximum absolute atomic E-state index is 12.5. The van der Waals surface area contributed by atoms with Gasteiger partial charge in [0.15, 0.2) is 5.96 Å². The Morgan fingerprint density at radius 1 is 1.18 bits per heavy atom. The number of ether oxygens (including phenoxy) is 2. The van der Waals surface area contributed by atoms with Gasteiger partial charge in [0.1, 0.15) is 18.1 Å². The molecule has 0 fully saturated rings. The molecule has 2 N–H and O–H groups in total. The van der Waals surface area contributed by atoms with E-state index in [1.807, 2.05) is 19.1 Å². The van der Waals surface area contributed by atoms with Gasteiger partial charge in [-0.05, 0) is 31.5 Å². The molecule has 0 aliphatic carbocycles. The number of hydrogen-bond acceptors (Lipinski definition) is 4. The summed E-state index contributed by atoms with van der Waals surface area (Å²) in [4.78, 5) is 4.42. The van der Waals surface area contributed by atoms with Crippen LogP contribution in [0.2, 0.25) is 0 Å². The summed E-state index contributed by atoms with van der Waals surface area (Å²) in [6.45, 7) is 1.71. The van der Waals surface area contributed by atoms with Gasteiger partial charge < -0.3 is 24.5 Å². The molecule has 0 radical (unpaired) electrons. The second-order valence-electron chi connectivity index (χ2n) is 5.59. The molecule has 28 heavy (non-hydrogen) atoms. The van der Waals surface area contributed by atoms with Crippen LogP contribution < -0.4 is 15.4 Å². The van der Waals surface area contributed by atoms with Crippen molar-refractivity contribution >= 4 is 29.9 Å². The smallest absolute Gasteiger partial charge is 0.387 e. The summed E-state index contributed by atoms with van der Waals surface area (Å²) in [5.41, 5.74) is 0.594. The highest BCUT2D eigenvalue weighted by molar-refractivity contribution is 14.0. The first-order valence-corrected chi connectivity index (χ1v) is 8.84. The lowest BCUT2D eigenvalue weighted by Crippen LogP contribution is -2.38. The number of halogens is 3. The van der Waals surface area contributed by atoms with Crippen molar-refractivity contribution in [1.29, 1.82) is 0 Å². The minimum atomic E-state index is -2.86. The molecule has 0 amide bonds. The molecule has 2 rings (SSSR count). The highest BCUT2D eigenvalue weighted by atomic mass is 127. The number of furan rings is 1. The third-order valence-electron chi connectivity index (χ3n) is 3.52. The van der Waals surface area contributed by atoms with E-state index in [0.29, 0.717) is 37.8 Å². The molecule has 0 atom stereocenters. The van der Waals surface area contributed by atoms with E-state index < -0.39 is 6.61 Å². The fourth-order valence-electron chi connectivity index (χ4n) is 2.30. The second kappa shape index (κ2) is 14.2. The van der Waals surface area contributed by atoms with Crippen molar-refractivity contribution in [3.8, 4) is 5.75 Å². The minimum absolute atomic E-state index is 0. The second-order valence-corrected chi connectivity index (χ2v) is 5.59. The number of guanidine groups is 1. The van der Waals surface area contributed by atoms with E-state index in [2.05, 4.69) is 20.4 Å². The summed E-state index contributed by atoms with van der Waals surface area (Å²) in [5.74, 6) is 1.54. The first-order chi connectivity index (χ1) is 13.2. The van der Waals surface area contributed by atoms with Gasteiger partial charge in [-0.25, -0.2) is 4.99 Å². The molecule has 2 aromatic rings. The Morgan fingerprint density at radius 2 is 2.00 bits per heavy atom. The standard InChI is InChI=1S/C19H25F2N3O3.HI/c1-2-22-19(23-10-6-11-25-14-16-8-5-12-26-16)24-13-15-7-3-4-9-17(15)27-18(20)21;/h3-5,7-9,12,18H,2,6,10-11,13-14H2,1H3,(H2,22,23,24);1H. The minimum Gasteiger partial charge on any atom is -0.467 e. The van der Waals surface area contributed by atoms with E-state index in [-0.39, 0.29) is 36.3 Å². The molecule has 1 aromatic heterocycles. The predicted octanol–water partition coefficient (Wildman–Crippen LogP) is 4.16. The molecule has 9 heteroatoms. The molecule has 0 unspecified atom stereocenters. The van der Waals surface area contributed by atoms with Gasteiger partial charge in [-0.1, -0.05) is 18.2 Å². The van der Waals surface area contributed by atoms with Gasteiger partial charge in [-0.3, -0.25) is 0 Å². The first kappa shape index (κ1) is 24.2. The van der Waals surface area contributed by atoms with Crippen LogP contribution in [-0.4, -0.2) is 32.3 Å². The molecule has 0 aliphatic heterocycles. The van der Waals surface area contributed by atoms with Gasteiger partial charge in [0.05, 0.1) is 12.8 Å². The van der Waals surface area contributed by atoms with E-state index in [1.54, 1.807) is 24.5 Å². The normalized spacial score (nSPS) is 11.2. The topological polar surface area (TPSA) is 68.0 Å². The molecule has 6 nitrogen and oxygen atoms in total. The molecule has 0 spiro atoms. The summed E-state index contributed by atoms with van der Waals surface area (Å²) in [6.07, 6.45) is 2.40. The lowest BCUT2D eigenvalue weighted by Gasteiger charge is -2.12. The number of alkyl halides is 2. The first-order valence-electron chi connectivity index (χ1n) is 8.84. The van der Waals surface area contributed by atoms with Crippen LogP contribution in [-0.2, 0) is 17.9 Å². The van der Waals surface area contributed by atoms with Crippen molar-refractivity contribution in [3.05, 3.63) is 54.0 Å². The number of benzene rings is 1. The van der Waals surface area contributed by atoms with Gasteiger partial charge >= 0.3 is 6.61 Å². The average Bonchev–Trinajstić information content (AvgIpc) is 3.16. The van der Waals surface area contributed by atoms with E-state index >= 15 is 0 Å². The van der Waals surface area contributed by atoms with Crippen LogP contribution in [0.1, 0.15) is 24.7 Å². The van der Waals surface area contributed by atoms with Crippen molar-refractivity contribution in [2.75, 3.05) is 19.7 Å². The van der Waals surface area contributed by atoms with Crippen molar-refractivity contribution in [3.63, 3.8) is 0 Å². The maximum Gasteiger partial charge on any atom is 0.387 e. The van der Waals surface area contributed by atoms with Crippen LogP contribution in [0.3, 0.4) is 0 Å². The van der Waals surface area contributed by atoms with Crippen LogP contribution in [0, 0.1) is 0 Å². The van der Waals surface area contributed by atoms with E-state index in [1.165, 1.54) is 6.07 Å². The lowest BCUT2D eigenvalue weighted by atomic mass is 10.2. The number of nitrogens with one attached hydrogen (secondary N) is 2. The van der Waals surface area contributed by atoms with E-state index in [0.717, 1.165) is 12.2 Å². The number of para-hydroxylation sites is 1. The largest absolute Gasteiger partial charge is 0.467 e. The number of rotatable bonds is 11. The summed E-state index contributed by atoms with van der Waals surface area (Å²) in [6, 6.07) is 10.3. The Hall–Kier alpha value is -1.88. The lowest BCUT2D eigenvalue weighted by molar-refractivity contribution is -0.0504. The monoisotopic (exact) mass is 509 g/mol. The Kier molecular flexibility index (Phi) is 12.2. The summed E-state index contributed by atoms with van der Waals surface area (Å²) < 4.78 is 40.2. The summed E-state index contributed by atoms with van der Waals surface area (Å²) in [5, 5.41) is 6.31. The van der Waals surface area contributed by atoms with E-state index in [4.69, 9.17) is 9.15 Å². The summed E-state index contributed by atoms with van der Waals surface area (Å²) in [7, 11) is 0. The maximum atomic E-state index is 12.5. The molecule has 0 aliphatic rings. The van der Waals surface area contributed by atoms with Crippen molar-refractivity contribution in [2.24, 2.45) is 4.99 Å². The molecular weight excluding hydrogens is 483 g/mol. The zero-order valence-corrected chi connectivity index (χ0v) is 18.0. The van der Waals surface area contributed by atoms with Crippen LogP contribution in [0.5, 0.6) is 5.75 Å². The van der Waals surface area contributed by atoms with Gasteiger partial charge in [0.25, 0.3) is 0 Å².